The van der Waals surface area contributed by atoms with Crippen LogP contribution in [0.4, 0.5) is 0 Å². The topological polar surface area (TPSA) is 32.3 Å². The van der Waals surface area contributed by atoms with E-state index in [1.165, 1.54) is 11.1 Å². The van der Waals surface area contributed by atoms with Gasteiger partial charge < -0.3 is 10.4 Å². The third kappa shape index (κ3) is 3.03. The summed E-state index contributed by atoms with van der Waals surface area (Å²) < 4.78 is 0. The number of aliphatic hydroxyl groups excluding tert-OH is 1. The standard InChI is InChI=1S/C14H21NOS/c1-10(2)13(7-16)15-14-9-17-8-11-5-3-4-6-12(11)14/h3-6,10,13-16H,7-9H2,1-2H3. The van der Waals surface area contributed by atoms with Gasteiger partial charge in [-0.1, -0.05) is 38.1 Å². The van der Waals surface area contributed by atoms with Crippen LogP contribution in [0.5, 0.6) is 0 Å². The van der Waals surface area contributed by atoms with Gasteiger partial charge in [-0.25, -0.2) is 0 Å². The van der Waals surface area contributed by atoms with Gasteiger partial charge in [0.1, 0.15) is 0 Å². The number of benzene rings is 1. The molecule has 2 N–H and O–H groups in total. The van der Waals surface area contributed by atoms with Crippen molar-refractivity contribution in [2.75, 3.05) is 12.4 Å². The summed E-state index contributed by atoms with van der Waals surface area (Å²) in [5.41, 5.74) is 2.84. The first-order chi connectivity index (χ1) is 8.22. The van der Waals surface area contributed by atoms with Crippen LogP contribution < -0.4 is 5.32 Å². The molecule has 1 heterocycles. The molecule has 17 heavy (non-hydrogen) atoms. The van der Waals surface area contributed by atoms with Crippen LogP contribution in [0.2, 0.25) is 0 Å². The van der Waals surface area contributed by atoms with Gasteiger partial charge in [-0.15, -0.1) is 0 Å². The average molecular weight is 251 g/mol. The predicted octanol–water partition coefficient (Wildman–Crippen LogP) is 2.58. The molecule has 1 aromatic rings. The maximum absolute atomic E-state index is 9.41. The van der Waals surface area contributed by atoms with Crippen molar-refractivity contribution < 1.29 is 5.11 Å². The van der Waals surface area contributed by atoms with E-state index in [1.807, 2.05) is 11.8 Å². The fourth-order valence-electron chi connectivity index (χ4n) is 2.23. The zero-order valence-electron chi connectivity index (χ0n) is 10.5. The summed E-state index contributed by atoms with van der Waals surface area (Å²) in [5, 5.41) is 13.0. The second-order valence-electron chi connectivity index (χ2n) is 4.97. The summed E-state index contributed by atoms with van der Waals surface area (Å²) in [6.07, 6.45) is 0. The molecule has 0 amide bonds. The highest BCUT2D eigenvalue weighted by Gasteiger charge is 2.23. The molecule has 1 aliphatic rings. The van der Waals surface area contributed by atoms with Crippen molar-refractivity contribution >= 4 is 11.8 Å². The zero-order valence-corrected chi connectivity index (χ0v) is 11.3. The minimum atomic E-state index is 0.187. The minimum Gasteiger partial charge on any atom is -0.395 e. The van der Waals surface area contributed by atoms with Gasteiger partial charge in [0.05, 0.1) is 6.61 Å². The third-order valence-electron chi connectivity index (χ3n) is 3.39. The lowest BCUT2D eigenvalue weighted by atomic mass is 9.98. The first-order valence-corrected chi connectivity index (χ1v) is 7.40. The number of thioether (sulfide) groups is 1. The van der Waals surface area contributed by atoms with Crippen LogP contribution in [0.1, 0.15) is 31.0 Å². The van der Waals surface area contributed by atoms with Crippen LogP contribution in [0.25, 0.3) is 0 Å². The van der Waals surface area contributed by atoms with E-state index in [-0.39, 0.29) is 12.6 Å². The first-order valence-electron chi connectivity index (χ1n) is 6.25. The molecule has 2 rings (SSSR count). The van der Waals surface area contributed by atoms with Crippen molar-refractivity contribution in [3.8, 4) is 0 Å². The lowest BCUT2D eigenvalue weighted by Crippen LogP contribution is -2.41. The second-order valence-corrected chi connectivity index (χ2v) is 6.00. The van der Waals surface area contributed by atoms with Gasteiger partial charge in [-0.3, -0.25) is 0 Å². The van der Waals surface area contributed by atoms with Crippen molar-refractivity contribution in [2.24, 2.45) is 5.92 Å². The Labute approximate surface area is 108 Å². The smallest absolute Gasteiger partial charge is 0.0587 e. The second kappa shape index (κ2) is 5.89. The molecule has 0 aromatic heterocycles. The molecule has 2 atom stereocenters. The van der Waals surface area contributed by atoms with Crippen LogP contribution in [0, 0.1) is 5.92 Å². The van der Waals surface area contributed by atoms with E-state index in [0.29, 0.717) is 12.0 Å². The quantitative estimate of drug-likeness (QED) is 0.862. The molecule has 0 aliphatic carbocycles. The Morgan fingerprint density at radius 2 is 2.18 bits per heavy atom. The lowest BCUT2D eigenvalue weighted by Gasteiger charge is -2.31. The van der Waals surface area contributed by atoms with E-state index < -0.39 is 0 Å². The predicted molar refractivity (Wildman–Crippen MR) is 74.2 cm³/mol. The van der Waals surface area contributed by atoms with E-state index in [0.717, 1.165) is 11.5 Å². The van der Waals surface area contributed by atoms with Crippen LogP contribution in [-0.2, 0) is 5.75 Å². The van der Waals surface area contributed by atoms with E-state index >= 15 is 0 Å². The van der Waals surface area contributed by atoms with Gasteiger partial charge in [-0.2, -0.15) is 11.8 Å². The molecule has 0 radical (unpaired) electrons. The number of aliphatic hydroxyl groups is 1. The first kappa shape index (κ1) is 12.9. The molecule has 2 nitrogen and oxygen atoms in total. The van der Waals surface area contributed by atoms with E-state index in [1.54, 1.807) is 0 Å². The van der Waals surface area contributed by atoms with Gasteiger partial charge in [-0.05, 0) is 17.0 Å². The normalized spacial score (nSPS) is 21.3. The van der Waals surface area contributed by atoms with E-state index in [2.05, 4.69) is 43.4 Å². The summed E-state index contributed by atoms with van der Waals surface area (Å²) in [4.78, 5) is 0. The Bertz CT molecular complexity index is 367. The van der Waals surface area contributed by atoms with Gasteiger partial charge in [0.2, 0.25) is 0 Å². The molecular formula is C14H21NOS. The van der Waals surface area contributed by atoms with Crippen LogP contribution in [0.3, 0.4) is 0 Å². The molecule has 1 aliphatic heterocycles. The van der Waals surface area contributed by atoms with Crippen LogP contribution >= 0.6 is 11.8 Å². The minimum absolute atomic E-state index is 0.187. The molecule has 0 saturated carbocycles. The molecule has 0 bridgehead atoms. The molecule has 0 spiro atoms. The highest BCUT2D eigenvalue weighted by molar-refractivity contribution is 7.98. The monoisotopic (exact) mass is 251 g/mol. The molecule has 94 valence electrons. The molecule has 3 heteroatoms. The molecule has 2 unspecified atom stereocenters. The van der Waals surface area contributed by atoms with Crippen molar-refractivity contribution in [2.45, 2.75) is 31.7 Å². The van der Waals surface area contributed by atoms with E-state index in [4.69, 9.17) is 0 Å². The lowest BCUT2D eigenvalue weighted by molar-refractivity contribution is 0.202. The number of hydrogen-bond acceptors (Lipinski definition) is 3. The van der Waals surface area contributed by atoms with Gasteiger partial charge in [0.25, 0.3) is 0 Å². The highest BCUT2D eigenvalue weighted by Crippen LogP contribution is 2.32. The SMILES string of the molecule is CC(C)C(CO)NC1CSCc2ccccc21. The number of fused-ring (bicyclic) bond motifs is 1. The number of hydrogen-bond donors (Lipinski definition) is 2. The Kier molecular flexibility index (Phi) is 4.48. The third-order valence-corrected chi connectivity index (χ3v) is 4.47. The zero-order chi connectivity index (χ0) is 12.3. The van der Waals surface area contributed by atoms with Gasteiger partial charge >= 0.3 is 0 Å². The Morgan fingerprint density at radius 3 is 2.88 bits per heavy atom. The van der Waals surface area contributed by atoms with Crippen LogP contribution in [0.15, 0.2) is 24.3 Å². The number of rotatable bonds is 4. The van der Waals surface area contributed by atoms with Crippen LogP contribution in [-0.4, -0.2) is 23.5 Å². The molecular weight excluding hydrogens is 230 g/mol. The van der Waals surface area contributed by atoms with Crippen molar-refractivity contribution in [3.63, 3.8) is 0 Å². The molecule has 1 aromatic carbocycles. The van der Waals surface area contributed by atoms with E-state index in [9.17, 15) is 5.11 Å². The summed E-state index contributed by atoms with van der Waals surface area (Å²) in [6.45, 7) is 4.51. The summed E-state index contributed by atoms with van der Waals surface area (Å²) in [6, 6.07) is 9.19. The Hall–Kier alpha value is -0.510. The van der Waals surface area contributed by atoms with Gasteiger partial charge in [0, 0.05) is 23.6 Å². The van der Waals surface area contributed by atoms with Crippen molar-refractivity contribution in [3.05, 3.63) is 35.4 Å². The number of nitrogens with one attached hydrogen (secondary N) is 1. The summed E-state index contributed by atoms with van der Waals surface area (Å²) >= 11 is 1.97. The highest BCUT2D eigenvalue weighted by atomic mass is 32.2. The molecule has 0 saturated heterocycles. The maximum atomic E-state index is 9.41. The Morgan fingerprint density at radius 1 is 1.41 bits per heavy atom. The van der Waals surface area contributed by atoms with Gasteiger partial charge in [0.15, 0.2) is 0 Å². The summed E-state index contributed by atoms with van der Waals surface area (Å²) in [7, 11) is 0. The molecule has 0 fully saturated rings. The maximum Gasteiger partial charge on any atom is 0.0587 e. The Balaban J connectivity index is 2.13. The van der Waals surface area contributed by atoms with Crippen molar-refractivity contribution in [1.82, 2.24) is 5.32 Å². The average Bonchev–Trinajstić information content (AvgIpc) is 2.35. The van der Waals surface area contributed by atoms with Crippen molar-refractivity contribution in [1.29, 1.82) is 0 Å². The largest absolute Gasteiger partial charge is 0.395 e. The summed E-state index contributed by atoms with van der Waals surface area (Å²) in [5.74, 6) is 2.67. The fraction of sp³-hybridized carbons (Fsp3) is 0.571. The fourth-order valence-corrected chi connectivity index (χ4v) is 3.35.